The molecule has 15 heteroatoms. The molecule has 13 nitrogen and oxygen atoms in total. The number of imidazole rings is 1. The smallest absolute Gasteiger partial charge is 0.348 e. The Balaban J connectivity index is 1.50. The summed E-state index contributed by atoms with van der Waals surface area (Å²) in [6, 6.07) is 5.90. The van der Waals surface area contributed by atoms with Crippen LogP contribution in [0.3, 0.4) is 0 Å². The number of rotatable bonds is 10. The molecule has 0 spiro atoms. The van der Waals surface area contributed by atoms with Gasteiger partial charge in [0, 0.05) is 18.9 Å². The largest absolute Gasteiger partial charge is 0.479 e. The van der Waals surface area contributed by atoms with Crippen LogP contribution in [0.25, 0.3) is 17.2 Å². The zero-order valence-corrected chi connectivity index (χ0v) is 20.2. The van der Waals surface area contributed by atoms with Gasteiger partial charge >= 0.3 is 17.9 Å². The van der Waals surface area contributed by atoms with Crippen LogP contribution in [-0.2, 0) is 30.3 Å². The fraction of sp³-hybridized carbons (Fsp3) is 0.304. The van der Waals surface area contributed by atoms with Crippen molar-refractivity contribution in [3.05, 3.63) is 53.1 Å². The second-order valence-electron chi connectivity index (χ2n) is 8.44. The van der Waals surface area contributed by atoms with Gasteiger partial charge in [-0.3, -0.25) is 4.57 Å². The lowest BCUT2D eigenvalue weighted by Crippen LogP contribution is -2.52. The summed E-state index contributed by atoms with van der Waals surface area (Å²) < 4.78 is 27.3. The van der Waals surface area contributed by atoms with Crippen molar-refractivity contribution in [2.45, 2.75) is 36.9 Å². The highest BCUT2D eigenvalue weighted by atomic mass is 35.5. The van der Waals surface area contributed by atoms with Gasteiger partial charge < -0.3 is 30.5 Å². The second kappa shape index (κ2) is 10.7. The van der Waals surface area contributed by atoms with Gasteiger partial charge in [0.15, 0.2) is 17.7 Å². The van der Waals surface area contributed by atoms with Gasteiger partial charge in [-0.05, 0) is 28.8 Å². The number of carbonyl (C=O) groups is 3. The highest BCUT2D eigenvalue weighted by Crippen LogP contribution is 2.35. The van der Waals surface area contributed by atoms with Gasteiger partial charge in [0.05, 0.1) is 19.0 Å². The molecule has 0 aliphatic carbocycles. The summed E-state index contributed by atoms with van der Waals surface area (Å²) >= 11 is 5.85. The number of hydrogen-bond acceptors (Lipinski definition) is 9. The highest BCUT2D eigenvalue weighted by molar-refractivity contribution is 6.28. The molecule has 1 aliphatic rings. The average Bonchev–Trinajstić information content (AvgIpc) is 3.43. The Hall–Kier alpha value is -4.14. The van der Waals surface area contributed by atoms with E-state index in [9.17, 15) is 29.0 Å². The lowest BCUT2D eigenvalue weighted by molar-refractivity contribution is -0.188. The molecule has 1 aliphatic heterocycles. The topological polar surface area (TPSA) is 200 Å². The van der Waals surface area contributed by atoms with Crippen LogP contribution in [0.2, 0.25) is 5.28 Å². The molecule has 4 rings (SSSR count). The Morgan fingerprint density at radius 2 is 1.89 bits per heavy atom. The van der Waals surface area contributed by atoms with E-state index >= 15 is 0 Å². The summed E-state index contributed by atoms with van der Waals surface area (Å²) in [6.07, 6.45) is -1.10. The first kappa shape index (κ1) is 26.9. The number of ether oxygens (including phenoxy) is 2. The number of aliphatic carboxylic acids is 3. The molecule has 1 aromatic carbocycles. The number of nitrogens with zero attached hydrogens (tertiary/aromatic N) is 4. The lowest BCUT2D eigenvalue weighted by atomic mass is 9.93. The van der Waals surface area contributed by atoms with Gasteiger partial charge in [-0.15, -0.1) is 0 Å². The number of hydrogen-bond donors (Lipinski definition) is 4. The Bertz CT molecular complexity index is 1400. The Labute approximate surface area is 218 Å². The van der Waals surface area contributed by atoms with E-state index in [2.05, 4.69) is 15.0 Å². The molecule has 200 valence electrons. The van der Waals surface area contributed by atoms with E-state index in [1.165, 1.54) is 41.2 Å². The average molecular weight is 550 g/mol. The molecule has 2 aromatic heterocycles. The number of anilines is 1. The Morgan fingerprint density at radius 3 is 2.53 bits per heavy atom. The Kier molecular flexibility index (Phi) is 7.57. The minimum atomic E-state index is -2.69. The number of aromatic nitrogens is 4. The summed E-state index contributed by atoms with van der Waals surface area (Å²) in [6.45, 7) is -0.542. The maximum atomic E-state index is 15.0. The standard InChI is InChI=1S/C23H21ClFN5O8/c24-22-28-17(26)16-18(29-22)30(10-27-16)19-14(25)7-13(38-19)9-37-23(20(33)34,21(35)36)8-12-3-1-11(2-4-12)5-6-15(31)32/h1-6,10,13-14,19H,7-9H2,(H,31,32)(H,33,34)(H,35,36)(H2,26,28,29)/b6-5+. The number of fused-ring (bicyclic) bond motifs is 1. The first-order valence-corrected chi connectivity index (χ1v) is 11.4. The molecule has 0 radical (unpaired) electrons. The number of carboxylic acid groups (broad SMARTS) is 3. The van der Waals surface area contributed by atoms with Crippen molar-refractivity contribution >= 4 is 52.6 Å². The van der Waals surface area contributed by atoms with Gasteiger partial charge in [0.25, 0.3) is 5.60 Å². The first-order valence-electron chi connectivity index (χ1n) is 11.1. The number of halogens is 2. The maximum absolute atomic E-state index is 15.0. The van der Waals surface area contributed by atoms with Gasteiger partial charge in [-0.25, -0.2) is 23.8 Å². The molecule has 3 unspecified atom stereocenters. The van der Waals surface area contributed by atoms with Crippen LogP contribution in [0.15, 0.2) is 36.7 Å². The lowest BCUT2D eigenvalue weighted by Gasteiger charge is -2.27. The molecule has 0 bridgehead atoms. The Morgan fingerprint density at radius 1 is 1.21 bits per heavy atom. The van der Waals surface area contributed by atoms with Crippen LogP contribution >= 0.6 is 11.6 Å². The number of nitrogen functional groups attached to an aromatic ring is 1. The number of benzene rings is 1. The molecular formula is C23H21ClFN5O8. The molecule has 38 heavy (non-hydrogen) atoms. The second-order valence-corrected chi connectivity index (χ2v) is 8.78. The highest BCUT2D eigenvalue weighted by Gasteiger charge is 2.50. The van der Waals surface area contributed by atoms with Crippen molar-refractivity contribution in [2.75, 3.05) is 12.3 Å². The van der Waals surface area contributed by atoms with Crippen molar-refractivity contribution in [3.63, 3.8) is 0 Å². The van der Waals surface area contributed by atoms with Gasteiger partial charge in [0.1, 0.15) is 11.7 Å². The van der Waals surface area contributed by atoms with Crippen LogP contribution in [-0.4, -0.2) is 77.2 Å². The molecule has 0 amide bonds. The minimum absolute atomic E-state index is 0.00863. The fourth-order valence-corrected chi connectivity index (χ4v) is 4.17. The van der Waals surface area contributed by atoms with Crippen LogP contribution in [0.5, 0.6) is 0 Å². The molecule has 5 N–H and O–H groups in total. The SMILES string of the molecule is Nc1nc(Cl)nc2c1ncn2C1OC(COC(Cc2ccc(/C=C/C(=O)O)cc2)(C(=O)O)C(=O)O)CC1F. The summed E-state index contributed by atoms with van der Waals surface area (Å²) in [4.78, 5) is 46.7. The molecule has 1 fully saturated rings. The summed E-state index contributed by atoms with van der Waals surface area (Å²) in [5.41, 5.74) is 4.21. The molecule has 3 aromatic rings. The summed E-state index contributed by atoms with van der Waals surface area (Å²) in [5, 5.41) is 28.2. The molecule has 3 atom stereocenters. The molecule has 1 saturated heterocycles. The summed E-state index contributed by atoms with van der Waals surface area (Å²) in [5.74, 6) is -4.67. The van der Waals surface area contributed by atoms with Gasteiger partial charge in [-0.2, -0.15) is 9.97 Å². The van der Waals surface area contributed by atoms with E-state index in [1.54, 1.807) is 0 Å². The van der Waals surface area contributed by atoms with Gasteiger partial charge in [0.2, 0.25) is 5.28 Å². The van der Waals surface area contributed by atoms with Gasteiger partial charge in [-0.1, -0.05) is 24.3 Å². The monoisotopic (exact) mass is 549 g/mol. The van der Waals surface area contributed by atoms with Crippen LogP contribution in [0, 0.1) is 0 Å². The predicted molar refractivity (Wildman–Crippen MR) is 129 cm³/mol. The fourth-order valence-electron chi connectivity index (χ4n) is 4.00. The van der Waals surface area contributed by atoms with Crippen molar-refractivity contribution in [1.82, 2.24) is 19.5 Å². The zero-order valence-electron chi connectivity index (χ0n) is 19.4. The quantitative estimate of drug-likeness (QED) is 0.163. The van der Waals surface area contributed by atoms with E-state index < -0.39 is 55.0 Å². The van der Waals surface area contributed by atoms with Crippen molar-refractivity contribution in [2.24, 2.45) is 0 Å². The third-order valence-electron chi connectivity index (χ3n) is 5.88. The molecule has 3 heterocycles. The zero-order chi connectivity index (χ0) is 27.6. The van der Waals surface area contributed by atoms with E-state index in [-0.39, 0.29) is 28.7 Å². The van der Waals surface area contributed by atoms with Crippen LogP contribution in [0.1, 0.15) is 23.8 Å². The third-order valence-corrected chi connectivity index (χ3v) is 6.05. The number of alkyl halides is 1. The van der Waals surface area contributed by atoms with E-state index in [0.717, 1.165) is 6.08 Å². The third kappa shape index (κ3) is 5.41. The number of nitrogens with two attached hydrogens (primary N) is 1. The predicted octanol–water partition coefficient (Wildman–Crippen LogP) is 1.95. The van der Waals surface area contributed by atoms with E-state index in [4.69, 9.17) is 31.9 Å². The summed E-state index contributed by atoms with van der Waals surface area (Å²) in [7, 11) is 0. The molecular weight excluding hydrogens is 529 g/mol. The maximum Gasteiger partial charge on any atom is 0.348 e. The van der Waals surface area contributed by atoms with Crippen LogP contribution in [0.4, 0.5) is 10.2 Å². The number of carboxylic acids is 3. The minimum Gasteiger partial charge on any atom is -0.479 e. The van der Waals surface area contributed by atoms with Crippen molar-refractivity contribution < 1.29 is 43.6 Å². The molecule has 0 saturated carbocycles. The van der Waals surface area contributed by atoms with Crippen LogP contribution < -0.4 is 5.73 Å². The normalized spacial score (nSPS) is 19.8. The van der Waals surface area contributed by atoms with Crippen molar-refractivity contribution in [3.8, 4) is 0 Å². The van der Waals surface area contributed by atoms with Crippen molar-refractivity contribution in [1.29, 1.82) is 0 Å². The first-order chi connectivity index (χ1) is 18.0. The van der Waals surface area contributed by atoms with E-state index in [1.807, 2.05) is 0 Å². The van der Waals surface area contributed by atoms with E-state index in [0.29, 0.717) is 11.1 Å².